The highest BCUT2D eigenvalue weighted by atomic mass is 15.1. The fourth-order valence-corrected chi connectivity index (χ4v) is 7.14. The van der Waals surface area contributed by atoms with Gasteiger partial charge in [-0.2, -0.15) is 0 Å². The average Bonchev–Trinajstić information content (AvgIpc) is 3.71. The van der Waals surface area contributed by atoms with Crippen LogP contribution in [0.2, 0.25) is 0 Å². The Balaban J connectivity index is 1.34. The maximum absolute atomic E-state index is 9.32. The van der Waals surface area contributed by atoms with Gasteiger partial charge in [-0.15, -0.1) is 0 Å². The van der Waals surface area contributed by atoms with Gasteiger partial charge in [0.05, 0.1) is 33.3 Å². The van der Waals surface area contributed by atoms with E-state index in [4.69, 9.17) is 23.2 Å². The fraction of sp³-hybridized carbons (Fsp3) is 0. The third-order valence-corrected chi connectivity index (χ3v) is 9.74. The number of aromatic nitrogens is 4. The zero-order chi connectivity index (χ0) is 43.5. The molecule has 2 aromatic heterocycles. The SMILES string of the molecule is [2H]c1c([2H])c([2H])c2c(c1[2H])c1c([2H])c([2H])c([2H])c([2H])c1n2-c1cccc(-c2cccc(-c3ccccc3)c2)c1-c1nc(-c2ccccc2)nc(-c2ccc(-c3ccccc3)cc2)n1. The molecular weight excluding hydrogens is 669 g/mol. The van der Waals surface area contributed by atoms with E-state index in [9.17, 15) is 2.74 Å². The summed E-state index contributed by atoms with van der Waals surface area (Å²) in [4.78, 5) is 15.4. The summed E-state index contributed by atoms with van der Waals surface area (Å²) in [6.07, 6.45) is 0. The van der Waals surface area contributed by atoms with Crippen LogP contribution in [0.5, 0.6) is 0 Å². The van der Waals surface area contributed by atoms with Crippen LogP contribution in [-0.2, 0) is 0 Å². The van der Waals surface area contributed by atoms with E-state index in [0.717, 1.165) is 38.9 Å². The molecule has 0 saturated carbocycles. The molecule has 0 fully saturated rings. The lowest BCUT2D eigenvalue weighted by atomic mass is 9.94. The van der Waals surface area contributed by atoms with Crippen LogP contribution in [-0.4, -0.2) is 19.5 Å². The molecule has 55 heavy (non-hydrogen) atoms. The summed E-state index contributed by atoms with van der Waals surface area (Å²) in [6.45, 7) is 0. The molecule has 0 aliphatic rings. The quantitative estimate of drug-likeness (QED) is 0.165. The second-order valence-corrected chi connectivity index (χ2v) is 13.0. The van der Waals surface area contributed by atoms with Gasteiger partial charge in [-0.25, -0.2) is 15.0 Å². The van der Waals surface area contributed by atoms with Gasteiger partial charge in [0.15, 0.2) is 17.5 Å². The highest BCUT2D eigenvalue weighted by molar-refractivity contribution is 6.10. The molecule has 0 bridgehead atoms. The van der Waals surface area contributed by atoms with Crippen LogP contribution in [0, 0.1) is 0 Å². The van der Waals surface area contributed by atoms with Crippen LogP contribution in [0.3, 0.4) is 0 Å². The molecule has 0 spiro atoms. The van der Waals surface area contributed by atoms with Crippen molar-refractivity contribution in [1.29, 1.82) is 0 Å². The first-order chi connectivity index (χ1) is 30.6. The Hall–Kier alpha value is -7.43. The van der Waals surface area contributed by atoms with Crippen molar-refractivity contribution in [3.05, 3.63) is 206 Å². The smallest absolute Gasteiger partial charge is 0.166 e. The van der Waals surface area contributed by atoms with Gasteiger partial charge in [0.2, 0.25) is 0 Å². The molecule has 2 heterocycles. The fourth-order valence-electron chi connectivity index (χ4n) is 7.14. The highest BCUT2D eigenvalue weighted by Gasteiger charge is 2.23. The second-order valence-electron chi connectivity index (χ2n) is 13.0. The minimum Gasteiger partial charge on any atom is -0.308 e. The van der Waals surface area contributed by atoms with Gasteiger partial charge >= 0.3 is 0 Å². The number of rotatable bonds is 7. The minimum atomic E-state index is -0.515. The number of nitrogens with zero attached hydrogens (tertiary/aromatic N) is 4. The molecule has 0 amide bonds. The number of para-hydroxylation sites is 2. The Kier molecular flexibility index (Phi) is 6.23. The lowest BCUT2D eigenvalue weighted by Gasteiger charge is -2.19. The topological polar surface area (TPSA) is 43.6 Å². The Morgan fingerprint density at radius 3 is 1.42 bits per heavy atom. The lowest BCUT2D eigenvalue weighted by molar-refractivity contribution is 1.06. The summed E-state index contributed by atoms with van der Waals surface area (Å²) >= 11 is 0. The summed E-state index contributed by atoms with van der Waals surface area (Å²) in [5.74, 6) is 0.995. The number of fused-ring (bicyclic) bond motifs is 3. The second kappa shape index (κ2) is 13.8. The zero-order valence-electron chi connectivity index (χ0n) is 37.3. The summed E-state index contributed by atoms with van der Waals surface area (Å²) in [5, 5.41) is -0.0458. The van der Waals surface area contributed by atoms with E-state index in [1.165, 1.54) is 4.57 Å². The van der Waals surface area contributed by atoms with E-state index in [2.05, 4.69) is 6.07 Å². The molecule has 10 aromatic rings. The zero-order valence-corrected chi connectivity index (χ0v) is 29.3. The highest BCUT2D eigenvalue weighted by Crippen LogP contribution is 2.41. The number of hydrogen-bond acceptors (Lipinski definition) is 3. The normalized spacial score (nSPS) is 13.3. The third kappa shape index (κ3) is 5.96. The molecule has 10 rings (SSSR count). The largest absolute Gasteiger partial charge is 0.308 e. The van der Waals surface area contributed by atoms with E-state index >= 15 is 0 Å². The molecule has 0 unspecified atom stereocenters. The molecule has 0 saturated heterocycles. The van der Waals surface area contributed by atoms with Crippen molar-refractivity contribution < 1.29 is 11.0 Å². The van der Waals surface area contributed by atoms with Crippen molar-refractivity contribution in [1.82, 2.24) is 19.5 Å². The lowest BCUT2D eigenvalue weighted by Crippen LogP contribution is -2.05. The molecular formula is C51H34N4. The molecule has 0 N–H and O–H groups in total. The van der Waals surface area contributed by atoms with Crippen LogP contribution >= 0.6 is 0 Å². The molecule has 4 heteroatoms. The van der Waals surface area contributed by atoms with E-state index < -0.39 is 48.3 Å². The Labute approximate surface area is 331 Å². The van der Waals surface area contributed by atoms with Crippen LogP contribution in [0.1, 0.15) is 11.0 Å². The Morgan fingerprint density at radius 1 is 0.364 bits per heavy atom. The number of hydrogen-bond donors (Lipinski definition) is 0. The van der Waals surface area contributed by atoms with Crippen molar-refractivity contribution in [3.8, 4) is 73.2 Å². The van der Waals surface area contributed by atoms with Crippen molar-refractivity contribution in [2.24, 2.45) is 0 Å². The van der Waals surface area contributed by atoms with Crippen molar-refractivity contribution in [3.63, 3.8) is 0 Å². The minimum absolute atomic E-state index is 0.00602. The monoisotopic (exact) mass is 710 g/mol. The van der Waals surface area contributed by atoms with Crippen molar-refractivity contribution in [2.45, 2.75) is 0 Å². The third-order valence-electron chi connectivity index (χ3n) is 9.74. The average molecular weight is 711 g/mol. The van der Waals surface area contributed by atoms with E-state index in [1.54, 1.807) is 6.07 Å². The van der Waals surface area contributed by atoms with Crippen molar-refractivity contribution in [2.75, 3.05) is 0 Å². The first-order valence-electron chi connectivity index (χ1n) is 21.9. The molecule has 8 aromatic carbocycles. The van der Waals surface area contributed by atoms with Gasteiger partial charge in [-0.05, 0) is 57.6 Å². The Morgan fingerprint density at radius 2 is 0.800 bits per heavy atom. The van der Waals surface area contributed by atoms with Gasteiger partial charge in [0.25, 0.3) is 0 Å². The molecule has 0 radical (unpaired) electrons. The standard InChI is InChI=1S/C51H34N4/c1-4-16-35(17-5-1)37-30-32-39(33-31-37)50-52-49(38-20-8-3-9-21-38)53-51(54-50)48-42(41-23-14-22-40(34-41)36-18-6-2-7-19-36)26-15-29-47(48)55-45-27-12-10-24-43(45)44-25-11-13-28-46(44)55/h1-34H/i10D,11D,12D,13D,24D,25D,27D,28D. The van der Waals surface area contributed by atoms with Gasteiger partial charge in [0.1, 0.15) is 0 Å². The van der Waals surface area contributed by atoms with E-state index in [0.29, 0.717) is 28.5 Å². The summed E-state index contributed by atoms with van der Waals surface area (Å²) < 4.78 is 73.2. The Bertz CT molecular complexity index is 3340. The molecule has 258 valence electrons. The molecule has 0 aliphatic carbocycles. The van der Waals surface area contributed by atoms with Gasteiger partial charge < -0.3 is 4.57 Å². The predicted molar refractivity (Wildman–Crippen MR) is 227 cm³/mol. The van der Waals surface area contributed by atoms with Gasteiger partial charge in [-0.1, -0.05) is 182 Å². The number of benzene rings is 8. The van der Waals surface area contributed by atoms with Gasteiger partial charge in [-0.3, -0.25) is 0 Å². The summed E-state index contributed by atoms with van der Waals surface area (Å²) in [6, 6.07) is 47.4. The van der Waals surface area contributed by atoms with Crippen molar-refractivity contribution >= 4 is 21.8 Å². The summed E-state index contributed by atoms with van der Waals surface area (Å²) in [5.41, 5.74) is 7.70. The van der Waals surface area contributed by atoms with Crippen LogP contribution < -0.4 is 0 Å². The first-order valence-corrected chi connectivity index (χ1v) is 17.9. The van der Waals surface area contributed by atoms with E-state index in [-0.39, 0.29) is 27.6 Å². The van der Waals surface area contributed by atoms with Gasteiger partial charge in [0, 0.05) is 21.9 Å². The molecule has 0 atom stereocenters. The molecule has 4 nitrogen and oxygen atoms in total. The maximum atomic E-state index is 9.32. The van der Waals surface area contributed by atoms with Crippen LogP contribution in [0.15, 0.2) is 206 Å². The first kappa shape index (κ1) is 24.7. The maximum Gasteiger partial charge on any atom is 0.166 e. The molecule has 0 aliphatic heterocycles. The van der Waals surface area contributed by atoms with Crippen LogP contribution in [0.4, 0.5) is 0 Å². The van der Waals surface area contributed by atoms with Crippen LogP contribution in [0.25, 0.3) is 95.0 Å². The predicted octanol–water partition coefficient (Wildman–Crippen LogP) is 13.0. The van der Waals surface area contributed by atoms with E-state index in [1.807, 2.05) is 146 Å². The summed E-state index contributed by atoms with van der Waals surface area (Å²) in [7, 11) is 0.